The minimum atomic E-state index is 0.294. The van der Waals surface area contributed by atoms with Crippen LogP contribution in [-0.2, 0) is 6.42 Å². The Kier molecular flexibility index (Phi) is 5.80. The average molecular weight is 423 g/mol. The van der Waals surface area contributed by atoms with Crippen molar-refractivity contribution in [2.45, 2.75) is 19.3 Å². The van der Waals surface area contributed by atoms with Gasteiger partial charge in [-0.05, 0) is 42.5 Å². The van der Waals surface area contributed by atoms with E-state index in [4.69, 9.17) is 10.4 Å². The maximum atomic E-state index is 8.98. The number of aromatic nitrogens is 1. The van der Waals surface area contributed by atoms with Crippen molar-refractivity contribution >= 4 is 17.4 Å². The number of fused-ring (bicyclic) bond motifs is 1. The second-order valence-corrected chi connectivity index (χ2v) is 8.32. The van der Waals surface area contributed by atoms with Gasteiger partial charge in [0.15, 0.2) is 0 Å². The molecule has 5 rings (SSSR count). The Morgan fingerprint density at radius 3 is 2.50 bits per heavy atom. The maximum absolute atomic E-state index is 8.98. The van der Waals surface area contributed by atoms with E-state index in [0.717, 1.165) is 62.8 Å². The molecule has 32 heavy (non-hydrogen) atoms. The van der Waals surface area contributed by atoms with E-state index in [0.29, 0.717) is 11.5 Å². The number of piperazine rings is 1. The van der Waals surface area contributed by atoms with Crippen molar-refractivity contribution in [3.05, 3.63) is 83.6 Å². The van der Waals surface area contributed by atoms with Crippen LogP contribution >= 0.6 is 0 Å². The molecule has 0 spiro atoms. The predicted molar refractivity (Wildman–Crippen MR) is 128 cm³/mol. The molecule has 0 bridgehead atoms. The lowest BCUT2D eigenvalue weighted by molar-refractivity contribution is 0.367. The molecule has 1 aromatic carbocycles. The topological polar surface area (TPSA) is 67.9 Å². The summed E-state index contributed by atoms with van der Waals surface area (Å²) in [6.07, 6.45) is 11.1. The Hall–Kier alpha value is -3.72. The summed E-state index contributed by atoms with van der Waals surface area (Å²) >= 11 is 0. The molecule has 6 nitrogen and oxygen atoms in total. The summed E-state index contributed by atoms with van der Waals surface area (Å²) < 4.78 is 0. The minimum Gasteiger partial charge on any atom is -0.354 e. The van der Waals surface area contributed by atoms with Crippen LogP contribution in [0.25, 0.3) is 0 Å². The summed E-state index contributed by atoms with van der Waals surface area (Å²) in [7, 11) is 0. The Balaban J connectivity index is 1.28. The molecule has 1 atom stereocenters. The molecule has 1 fully saturated rings. The third kappa shape index (κ3) is 4.19. The van der Waals surface area contributed by atoms with Crippen LogP contribution in [0.1, 0.15) is 24.0 Å². The molecule has 3 aliphatic rings. The van der Waals surface area contributed by atoms with Gasteiger partial charge in [0.2, 0.25) is 0 Å². The highest BCUT2D eigenvalue weighted by molar-refractivity contribution is 6.09. The first-order valence-corrected chi connectivity index (χ1v) is 11.2. The summed E-state index contributed by atoms with van der Waals surface area (Å²) in [4.78, 5) is 9.10. The highest BCUT2D eigenvalue weighted by atomic mass is 15.4. The number of nitriles is 1. The van der Waals surface area contributed by atoms with Crippen LogP contribution in [0, 0.1) is 17.2 Å². The van der Waals surface area contributed by atoms with Crippen molar-refractivity contribution in [1.29, 1.82) is 5.26 Å². The fraction of sp³-hybridized carbons (Fsp3) is 0.308. The van der Waals surface area contributed by atoms with E-state index in [9.17, 15) is 0 Å². The Bertz CT molecular complexity index is 1110. The van der Waals surface area contributed by atoms with Gasteiger partial charge in [0, 0.05) is 38.3 Å². The Morgan fingerprint density at radius 1 is 0.938 bits per heavy atom. The van der Waals surface area contributed by atoms with Crippen molar-refractivity contribution in [2.24, 2.45) is 16.1 Å². The monoisotopic (exact) mass is 422 g/mol. The van der Waals surface area contributed by atoms with Crippen LogP contribution in [0.15, 0.2) is 82.7 Å². The molecule has 1 aliphatic carbocycles. The normalized spacial score (nSPS) is 20.1. The number of benzene rings is 1. The SMILES string of the molecule is N#Cc1ccc(N2CCN(C3=NN=C(CCc4ccccc4)C4=CC=CCC43)CC2)nc1. The molecular formula is C26H26N6. The largest absolute Gasteiger partial charge is 0.354 e. The average Bonchev–Trinajstić information content (AvgIpc) is 2.88. The lowest BCUT2D eigenvalue weighted by atomic mass is 9.84. The third-order valence-electron chi connectivity index (χ3n) is 6.38. The number of pyridine rings is 1. The molecule has 2 aromatic rings. The minimum absolute atomic E-state index is 0.294. The van der Waals surface area contributed by atoms with Gasteiger partial charge in [-0.3, -0.25) is 0 Å². The van der Waals surface area contributed by atoms with Crippen molar-refractivity contribution < 1.29 is 0 Å². The summed E-state index contributed by atoms with van der Waals surface area (Å²) in [6.45, 7) is 3.54. The van der Waals surface area contributed by atoms with E-state index in [-0.39, 0.29) is 0 Å². The summed E-state index contributed by atoms with van der Waals surface area (Å²) in [5, 5.41) is 18.4. The van der Waals surface area contributed by atoms with Gasteiger partial charge in [-0.2, -0.15) is 10.4 Å². The zero-order valence-corrected chi connectivity index (χ0v) is 18.1. The van der Waals surface area contributed by atoms with Crippen molar-refractivity contribution in [3.63, 3.8) is 0 Å². The molecule has 0 saturated carbocycles. The highest BCUT2D eigenvalue weighted by Crippen LogP contribution is 2.30. The van der Waals surface area contributed by atoms with Gasteiger partial charge < -0.3 is 9.80 Å². The molecular weight excluding hydrogens is 396 g/mol. The molecule has 160 valence electrons. The van der Waals surface area contributed by atoms with Crippen molar-refractivity contribution in [3.8, 4) is 6.07 Å². The molecule has 2 aliphatic heterocycles. The number of hydrogen-bond donors (Lipinski definition) is 0. The van der Waals surface area contributed by atoms with Gasteiger partial charge >= 0.3 is 0 Å². The van der Waals surface area contributed by atoms with E-state index in [2.05, 4.69) is 74.5 Å². The summed E-state index contributed by atoms with van der Waals surface area (Å²) in [5.74, 6) is 2.32. The van der Waals surface area contributed by atoms with Gasteiger partial charge in [-0.1, -0.05) is 48.6 Å². The molecule has 0 N–H and O–H groups in total. The van der Waals surface area contributed by atoms with Gasteiger partial charge in [-0.25, -0.2) is 4.98 Å². The van der Waals surface area contributed by atoms with Crippen molar-refractivity contribution in [1.82, 2.24) is 9.88 Å². The van der Waals surface area contributed by atoms with Crippen LogP contribution in [0.2, 0.25) is 0 Å². The molecule has 1 unspecified atom stereocenters. The summed E-state index contributed by atoms with van der Waals surface area (Å²) in [5.41, 5.74) is 4.37. The second kappa shape index (κ2) is 9.19. The number of amidine groups is 1. The van der Waals surface area contributed by atoms with E-state index in [1.165, 1.54) is 11.1 Å². The van der Waals surface area contributed by atoms with Crippen LogP contribution < -0.4 is 4.90 Å². The van der Waals surface area contributed by atoms with E-state index >= 15 is 0 Å². The highest BCUT2D eigenvalue weighted by Gasteiger charge is 2.33. The molecule has 1 aromatic heterocycles. The predicted octanol–water partition coefficient (Wildman–Crippen LogP) is 3.98. The zero-order valence-electron chi connectivity index (χ0n) is 18.1. The van der Waals surface area contributed by atoms with Gasteiger partial charge in [0.25, 0.3) is 0 Å². The van der Waals surface area contributed by atoms with Crippen LogP contribution in [0.3, 0.4) is 0 Å². The van der Waals surface area contributed by atoms with E-state index < -0.39 is 0 Å². The first kappa shape index (κ1) is 20.2. The standard InChI is InChI=1S/C26H26N6/c27-18-21-11-13-25(28-19-21)31-14-16-32(17-15-31)26-23-9-5-4-8-22(23)24(29-30-26)12-10-20-6-2-1-3-7-20/h1-8,11,13,19,23H,9-10,12,14-17H2. The number of hydrogen-bond acceptors (Lipinski definition) is 6. The Labute approximate surface area is 188 Å². The number of allylic oxidation sites excluding steroid dienone is 3. The lowest BCUT2D eigenvalue weighted by Gasteiger charge is -2.40. The van der Waals surface area contributed by atoms with Gasteiger partial charge in [0.05, 0.1) is 11.3 Å². The van der Waals surface area contributed by atoms with Gasteiger partial charge in [-0.15, -0.1) is 5.10 Å². The molecule has 0 radical (unpaired) electrons. The van der Waals surface area contributed by atoms with Crippen LogP contribution in [0.4, 0.5) is 5.82 Å². The van der Waals surface area contributed by atoms with Crippen LogP contribution in [0.5, 0.6) is 0 Å². The van der Waals surface area contributed by atoms with Gasteiger partial charge in [0.1, 0.15) is 17.7 Å². The fourth-order valence-electron chi connectivity index (χ4n) is 4.60. The number of anilines is 1. The molecule has 1 saturated heterocycles. The zero-order chi connectivity index (χ0) is 21.8. The van der Waals surface area contributed by atoms with E-state index in [1.807, 2.05) is 12.1 Å². The lowest BCUT2D eigenvalue weighted by Crippen LogP contribution is -2.51. The first-order chi connectivity index (χ1) is 15.8. The second-order valence-electron chi connectivity index (χ2n) is 8.32. The number of aryl methyl sites for hydroxylation is 1. The number of nitrogens with zero attached hydrogens (tertiary/aromatic N) is 6. The number of rotatable bonds is 4. The molecule has 3 heterocycles. The molecule has 0 amide bonds. The van der Waals surface area contributed by atoms with E-state index in [1.54, 1.807) is 6.20 Å². The van der Waals surface area contributed by atoms with Crippen molar-refractivity contribution in [2.75, 3.05) is 31.1 Å². The fourth-order valence-corrected chi connectivity index (χ4v) is 4.60. The maximum Gasteiger partial charge on any atom is 0.135 e. The Morgan fingerprint density at radius 2 is 1.75 bits per heavy atom. The quantitative estimate of drug-likeness (QED) is 0.747. The first-order valence-electron chi connectivity index (χ1n) is 11.2. The summed E-state index contributed by atoms with van der Waals surface area (Å²) in [6, 6.07) is 16.5. The van der Waals surface area contributed by atoms with Crippen LogP contribution in [-0.4, -0.2) is 47.6 Å². The smallest absolute Gasteiger partial charge is 0.135 e. The molecule has 6 heteroatoms. The third-order valence-corrected chi connectivity index (χ3v) is 6.38.